The Balaban J connectivity index is 2.24. The molecule has 0 radical (unpaired) electrons. The second-order valence-corrected chi connectivity index (χ2v) is 7.25. The summed E-state index contributed by atoms with van der Waals surface area (Å²) >= 11 is 0. The molecule has 3 heterocycles. The maximum absolute atomic E-state index is 13.2. The van der Waals surface area contributed by atoms with Gasteiger partial charge in [0.05, 0.1) is 6.61 Å². The molecule has 0 saturated carbocycles. The van der Waals surface area contributed by atoms with Crippen LogP contribution < -0.4 is 21.5 Å². The molecule has 0 aliphatic carbocycles. The van der Waals surface area contributed by atoms with Crippen LogP contribution in [-0.4, -0.2) is 57.4 Å². The van der Waals surface area contributed by atoms with Crippen LogP contribution >= 0.6 is 0 Å². The van der Waals surface area contributed by atoms with E-state index in [1.165, 1.54) is 4.57 Å². The molecule has 1 N–H and O–H groups in total. The van der Waals surface area contributed by atoms with Gasteiger partial charge in [-0.25, -0.2) is 9.36 Å². The van der Waals surface area contributed by atoms with Gasteiger partial charge in [0.25, 0.3) is 5.56 Å². The fourth-order valence-corrected chi connectivity index (χ4v) is 3.39. The first-order valence-electron chi connectivity index (χ1n) is 9.79. The molecular formula is C19H28N6O4. The summed E-state index contributed by atoms with van der Waals surface area (Å²) in [6.45, 7) is 8.99. The van der Waals surface area contributed by atoms with Crippen molar-refractivity contribution in [2.24, 2.45) is 7.05 Å². The summed E-state index contributed by atoms with van der Waals surface area (Å²) in [5.74, 6) is 0.0312. The molecule has 2 aromatic heterocycles. The Morgan fingerprint density at radius 2 is 1.90 bits per heavy atom. The van der Waals surface area contributed by atoms with E-state index in [9.17, 15) is 14.4 Å². The Kier molecular flexibility index (Phi) is 6.21. The summed E-state index contributed by atoms with van der Waals surface area (Å²) < 4.78 is 8.99. The number of hydrogen-bond donors (Lipinski definition) is 1. The molecule has 10 heteroatoms. The molecule has 1 aliphatic heterocycles. The van der Waals surface area contributed by atoms with E-state index in [0.29, 0.717) is 23.7 Å². The zero-order chi connectivity index (χ0) is 21.1. The molecule has 158 valence electrons. The second kappa shape index (κ2) is 8.64. The van der Waals surface area contributed by atoms with Gasteiger partial charge in [-0.15, -0.1) is 0 Å². The van der Waals surface area contributed by atoms with Gasteiger partial charge in [0, 0.05) is 39.8 Å². The summed E-state index contributed by atoms with van der Waals surface area (Å²) in [7, 11) is 1.56. The monoisotopic (exact) mass is 404 g/mol. The molecule has 0 atom stereocenters. The lowest BCUT2D eigenvalue weighted by atomic mass is 10.3. The molecule has 2 aromatic rings. The van der Waals surface area contributed by atoms with Gasteiger partial charge < -0.3 is 19.5 Å². The van der Waals surface area contributed by atoms with Gasteiger partial charge in [-0.05, 0) is 20.8 Å². The second-order valence-electron chi connectivity index (χ2n) is 7.25. The molecule has 0 aromatic carbocycles. The molecule has 1 fully saturated rings. The number of carbonyl (C=O) groups excluding carboxylic acids is 1. The van der Waals surface area contributed by atoms with Crippen LogP contribution in [-0.2, 0) is 29.7 Å². The number of fused-ring (bicyclic) bond motifs is 1. The third-order valence-corrected chi connectivity index (χ3v) is 4.89. The van der Waals surface area contributed by atoms with Crippen molar-refractivity contribution in [1.82, 2.24) is 24.0 Å². The smallest absolute Gasteiger partial charge is 0.333 e. The fourth-order valence-electron chi connectivity index (χ4n) is 3.39. The maximum atomic E-state index is 13.2. The molecule has 1 saturated heterocycles. The number of esters is 1. The minimum atomic E-state index is -0.622. The van der Waals surface area contributed by atoms with Crippen LogP contribution in [0, 0.1) is 0 Å². The summed E-state index contributed by atoms with van der Waals surface area (Å²) in [5.41, 5.74) is 0.606. The number of hydrogen-bond acceptors (Lipinski definition) is 7. The van der Waals surface area contributed by atoms with E-state index in [0.717, 1.165) is 36.3 Å². The van der Waals surface area contributed by atoms with Gasteiger partial charge in [0.1, 0.15) is 6.54 Å². The van der Waals surface area contributed by atoms with E-state index < -0.39 is 23.8 Å². The molecule has 3 rings (SSSR count). The van der Waals surface area contributed by atoms with Crippen LogP contribution in [0.4, 0.5) is 5.95 Å². The predicted molar refractivity (Wildman–Crippen MR) is 110 cm³/mol. The van der Waals surface area contributed by atoms with E-state index >= 15 is 0 Å². The Morgan fingerprint density at radius 1 is 1.21 bits per heavy atom. The Hall–Kier alpha value is -2.88. The van der Waals surface area contributed by atoms with Gasteiger partial charge in [0.2, 0.25) is 5.95 Å². The molecule has 0 unspecified atom stereocenters. The fraction of sp³-hybridized carbons (Fsp3) is 0.579. The Labute approximate surface area is 168 Å². The highest BCUT2D eigenvalue weighted by molar-refractivity contribution is 5.75. The number of carbonyl (C=O) groups is 1. The number of anilines is 1. The average Bonchev–Trinajstić information content (AvgIpc) is 3.08. The van der Waals surface area contributed by atoms with Crippen molar-refractivity contribution in [2.45, 2.75) is 33.9 Å². The van der Waals surface area contributed by atoms with Crippen LogP contribution in [0.3, 0.4) is 0 Å². The van der Waals surface area contributed by atoms with Crippen LogP contribution in [0.5, 0.6) is 0 Å². The van der Waals surface area contributed by atoms with Gasteiger partial charge in [-0.1, -0.05) is 11.6 Å². The summed E-state index contributed by atoms with van der Waals surface area (Å²) in [5, 5.41) is 3.30. The number of nitrogens with one attached hydrogen (secondary N) is 1. The number of aryl methyl sites for hydroxylation is 1. The Morgan fingerprint density at radius 3 is 2.52 bits per heavy atom. The van der Waals surface area contributed by atoms with Crippen molar-refractivity contribution < 1.29 is 9.53 Å². The van der Waals surface area contributed by atoms with Gasteiger partial charge >= 0.3 is 11.7 Å². The van der Waals surface area contributed by atoms with Gasteiger partial charge in [-0.3, -0.25) is 14.2 Å². The Bertz CT molecular complexity index is 1050. The highest BCUT2D eigenvalue weighted by atomic mass is 16.5. The molecule has 1 aliphatic rings. The third kappa shape index (κ3) is 4.12. The number of ether oxygens (including phenoxy) is 1. The zero-order valence-corrected chi connectivity index (χ0v) is 17.4. The van der Waals surface area contributed by atoms with Crippen LogP contribution in [0.15, 0.2) is 21.2 Å². The van der Waals surface area contributed by atoms with Crippen molar-refractivity contribution in [3.63, 3.8) is 0 Å². The van der Waals surface area contributed by atoms with Gasteiger partial charge in [-0.2, -0.15) is 4.98 Å². The van der Waals surface area contributed by atoms with Crippen molar-refractivity contribution >= 4 is 23.1 Å². The summed E-state index contributed by atoms with van der Waals surface area (Å²) in [6, 6.07) is 0. The first kappa shape index (κ1) is 20.8. The number of allylic oxidation sites excluding steroid dienone is 2. The van der Waals surface area contributed by atoms with Crippen molar-refractivity contribution in [3.05, 3.63) is 32.5 Å². The maximum Gasteiger partial charge on any atom is 0.333 e. The predicted octanol–water partition coefficient (Wildman–Crippen LogP) is -0.164. The standard InChI is InChI=1S/C19H28N6O4/c1-5-29-14(26)12-25-17(27)15-16(22(4)19(25)28)21-18(23-10-7-20-8-11-23)24(15)9-6-13(2)3/h6,20H,5,7-12H2,1-4H3. The van der Waals surface area contributed by atoms with E-state index in [1.807, 2.05) is 24.5 Å². The average molecular weight is 404 g/mol. The van der Waals surface area contributed by atoms with E-state index in [2.05, 4.69) is 15.2 Å². The summed E-state index contributed by atoms with van der Waals surface area (Å²) in [6.07, 6.45) is 2.01. The largest absolute Gasteiger partial charge is 0.465 e. The van der Waals surface area contributed by atoms with Crippen molar-refractivity contribution in [2.75, 3.05) is 37.7 Å². The van der Waals surface area contributed by atoms with Gasteiger partial charge in [0.15, 0.2) is 11.2 Å². The third-order valence-electron chi connectivity index (χ3n) is 4.89. The summed E-state index contributed by atoms with van der Waals surface area (Å²) in [4.78, 5) is 44.7. The van der Waals surface area contributed by atoms with E-state index in [4.69, 9.17) is 4.74 Å². The number of imidazole rings is 1. The number of nitrogens with zero attached hydrogens (tertiary/aromatic N) is 5. The van der Waals surface area contributed by atoms with E-state index in [-0.39, 0.29) is 6.61 Å². The number of piperazine rings is 1. The quantitative estimate of drug-likeness (QED) is 0.527. The molecule has 0 bridgehead atoms. The number of rotatable bonds is 6. The molecule has 10 nitrogen and oxygen atoms in total. The SMILES string of the molecule is CCOC(=O)Cn1c(=O)c2c(nc(N3CCNCC3)n2CC=C(C)C)n(C)c1=O. The van der Waals surface area contributed by atoms with Crippen molar-refractivity contribution in [1.29, 1.82) is 0 Å². The first-order chi connectivity index (χ1) is 13.8. The zero-order valence-electron chi connectivity index (χ0n) is 17.4. The lowest BCUT2D eigenvalue weighted by Gasteiger charge is -2.28. The number of aromatic nitrogens is 4. The topological polar surface area (TPSA) is 103 Å². The minimum absolute atomic E-state index is 0.182. The first-order valence-corrected chi connectivity index (χ1v) is 9.79. The molecule has 0 spiro atoms. The van der Waals surface area contributed by atoms with Crippen LogP contribution in [0.25, 0.3) is 11.2 Å². The molecule has 29 heavy (non-hydrogen) atoms. The minimum Gasteiger partial charge on any atom is -0.465 e. The van der Waals surface area contributed by atoms with Crippen LogP contribution in [0.2, 0.25) is 0 Å². The highest BCUT2D eigenvalue weighted by Crippen LogP contribution is 2.20. The lowest BCUT2D eigenvalue weighted by molar-refractivity contribution is -0.143. The lowest BCUT2D eigenvalue weighted by Crippen LogP contribution is -2.44. The molecular weight excluding hydrogens is 376 g/mol. The normalized spacial score (nSPS) is 14.3. The molecule has 0 amide bonds. The van der Waals surface area contributed by atoms with Crippen LogP contribution in [0.1, 0.15) is 20.8 Å². The van der Waals surface area contributed by atoms with Crippen molar-refractivity contribution in [3.8, 4) is 0 Å². The highest BCUT2D eigenvalue weighted by Gasteiger charge is 2.24. The van der Waals surface area contributed by atoms with E-state index in [1.54, 1.807) is 14.0 Å².